The van der Waals surface area contributed by atoms with E-state index in [4.69, 9.17) is 5.10 Å². The number of benzene rings is 1. The third-order valence-corrected chi connectivity index (χ3v) is 4.05. The standard InChI is InChI=1S/C16H21N3/c1-12-15(14-9-6-10-17-11-14)18-19(2)16(12)13-7-4-3-5-8-13/h3-5,7-8,14,17H,6,9-11H2,1-2H3. The maximum absolute atomic E-state index is 4.79. The first-order valence-electron chi connectivity index (χ1n) is 7.07. The van der Waals surface area contributed by atoms with E-state index in [-0.39, 0.29) is 0 Å². The van der Waals surface area contributed by atoms with Crippen molar-refractivity contribution in [3.8, 4) is 11.3 Å². The molecule has 1 aliphatic heterocycles. The van der Waals surface area contributed by atoms with Crippen molar-refractivity contribution in [2.24, 2.45) is 7.05 Å². The molecule has 1 aliphatic rings. The number of hydrogen-bond donors (Lipinski definition) is 1. The summed E-state index contributed by atoms with van der Waals surface area (Å²) in [7, 11) is 2.05. The Balaban J connectivity index is 2.00. The summed E-state index contributed by atoms with van der Waals surface area (Å²) >= 11 is 0. The number of hydrogen-bond acceptors (Lipinski definition) is 2. The molecule has 0 saturated carbocycles. The van der Waals surface area contributed by atoms with Gasteiger partial charge >= 0.3 is 0 Å². The lowest BCUT2D eigenvalue weighted by Gasteiger charge is -2.21. The van der Waals surface area contributed by atoms with E-state index in [1.54, 1.807) is 0 Å². The van der Waals surface area contributed by atoms with Crippen LogP contribution in [-0.2, 0) is 7.05 Å². The summed E-state index contributed by atoms with van der Waals surface area (Å²) < 4.78 is 2.04. The minimum atomic E-state index is 0.567. The van der Waals surface area contributed by atoms with Crippen LogP contribution in [0.4, 0.5) is 0 Å². The Bertz CT molecular complexity index is 551. The first-order chi connectivity index (χ1) is 9.27. The van der Waals surface area contributed by atoms with Gasteiger partial charge in [-0.3, -0.25) is 4.68 Å². The lowest BCUT2D eigenvalue weighted by Crippen LogP contribution is -2.28. The van der Waals surface area contributed by atoms with E-state index >= 15 is 0 Å². The van der Waals surface area contributed by atoms with E-state index in [0.717, 1.165) is 13.1 Å². The van der Waals surface area contributed by atoms with Gasteiger partial charge in [-0.05, 0) is 31.9 Å². The number of piperidine rings is 1. The second kappa shape index (κ2) is 5.17. The van der Waals surface area contributed by atoms with Gasteiger partial charge in [-0.1, -0.05) is 30.3 Å². The Morgan fingerprint density at radius 3 is 2.74 bits per heavy atom. The van der Waals surface area contributed by atoms with Gasteiger partial charge < -0.3 is 5.32 Å². The van der Waals surface area contributed by atoms with E-state index in [2.05, 4.69) is 49.6 Å². The first-order valence-corrected chi connectivity index (χ1v) is 7.07. The highest BCUT2D eigenvalue weighted by atomic mass is 15.3. The van der Waals surface area contributed by atoms with Gasteiger partial charge in [0.25, 0.3) is 0 Å². The minimum Gasteiger partial charge on any atom is -0.316 e. The number of nitrogens with zero attached hydrogens (tertiary/aromatic N) is 2. The highest BCUT2D eigenvalue weighted by Crippen LogP contribution is 2.31. The van der Waals surface area contributed by atoms with Crippen molar-refractivity contribution < 1.29 is 0 Å². The van der Waals surface area contributed by atoms with Gasteiger partial charge in [0, 0.05) is 25.1 Å². The van der Waals surface area contributed by atoms with Crippen LogP contribution in [0.25, 0.3) is 11.3 Å². The van der Waals surface area contributed by atoms with Gasteiger partial charge in [0.1, 0.15) is 0 Å². The highest BCUT2D eigenvalue weighted by molar-refractivity contribution is 5.64. The van der Waals surface area contributed by atoms with E-state index in [1.165, 1.54) is 35.4 Å². The summed E-state index contributed by atoms with van der Waals surface area (Å²) in [5.74, 6) is 0.567. The molecule has 1 saturated heterocycles. The summed E-state index contributed by atoms with van der Waals surface area (Å²) in [6.45, 7) is 4.42. The first kappa shape index (κ1) is 12.4. The predicted octanol–water partition coefficient (Wildman–Crippen LogP) is 2.86. The van der Waals surface area contributed by atoms with Crippen LogP contribution in [0.5, 0.6) is 0 Å². The molecule has 0 radical (unpaired) electrons. The highest BCUT2D eigenvalue weighted by Gasteiger charge is 2.23. The van der Waals surface area contributed by atoms with Crippen LogP contribution in [0.3, 0.4) is 0 Å². The zero-order chi connectivity index (χ0) is 13.2. The fourth-order valence-electron chi connectivity index (χ4n) is 3.12. The third kappa shape index (κ3) is 2.30. The van der Waals surface area contributed by atoms with Crippen LogP contribution in [0.1, 0.15) is 30.0 Å². The average molecular weight is 255 g/mol. The van der Waals surface area contributed by atoms with Crippen LogP contribution in [0.2, 0.25) is 0 Å². The molecule has 3 heteroatoms. The molecule has 1 N–H and O–H groups in total. The molecular weight excluding hydrogens is 234 g/mol. The fourth-order valence-corrected chi connectivity index (χ4v) is 3.12. The van der Waals surface area contributed by atoms with Gasteiger partial charge in [-0.15, -0.1) is 0 Å². The molecule has 2 heterocycles. The molecule has 3 rings (SSSR count). The zero-order valence-corrected chi connectivity index (χ0v) is 11.7. The number of aromatic nitrogens is 2. The van der Waals surface area contributed by atoms with Crippen molar-refractivity contribution >= 4 is 0 Å². The van der Waals surface area contributed by atoms with Crippen molar-refractivity contribution in [1.82, 2.24) is 15.1 Å². The number of aryl methyl sites for hydroxylation is 1. The fraction of sp³-hybridized carbons (Fsp3) is 0.438. The van der Waals surface area contributed by atoms with E-state index in [9.17, 15) is 0 Å². The Labute approximate surface area is 114 Å². The van der Waals surface area contributed by atoms with Crippen LogP contribution in [-0.4, -0.2) is 22.9 Å². The normalized spacial score (nSPS) is 19.6. The number of nitrogens with one attached hydrogen (secondary N) is 1. The molecule has 0 aliphatic carbocycles. The summed E-state index contributed by atoms with van der Waals surface area (Å²) in [5.41, 5.74) is 5.11. The quantitative estimate of drug-likeness (QED) is 0.894. The van der Waals surface area contributed by atoms with Crippen LogP contribution < -0.4 is 5.32 Å². The second-order valence-corrected chi connectivity index (χ2v) is 5.39. The Morgan fingerprint density at radius 2 is 2.05 bits per heavy atom. The van der Waals surface area contributed by atoms with Crippen molar-refractivity contribution in [3.63, 3.8) is 0 Å². The van der Waals surface area contributed by atoms with Crippen molar-refractivity contribution in [1.29, 1.82) is 0 Å². The maximum atomic E-state index is 4.79. The second-order valence-electron chi connectivity index (χ2n) is 5.39. The molecule has 1 unspecified atom stereocenters. The van der Waals surface area contributed by atoms with Gasteiger partial charge in [-0.25, -0.2) is 0 Å². The van der Waals surface area contributed by atoms with Gasteiger partial charge in [0.15, 0.2) is 0 Å². The Morgan fingerprint density at radius 1 is 1.26 bits per heavy atom. The Hall–Kier alpha value is -1.61. The monoisotopic (exact) mass is 255 g/mol. The molecule has 1 atom stereocenters. The SMILES string of the molecule is Cc1c(C2CCCNC2)nn(C)c1-c1ccccc1. The molecule has 100 valence electrons. The molecule has 3 nitrogen and oxygen atoms in total. The van der Waals surface area contributed by atoms with Gasteiger partial charge in [-0.2, -0.15) is 5.10 Å². The van der Waals surface area contributed by atoms with E-state index < -0.39 is 0 Å². The third-order valence-electron chi connectivity index (χ3n) is 4.05. The summed E-state index contributed by atoms with van der Waals surface area (Å²) in [6.07, 6.45) is 2.50. The molecule has 1 aromatic carbocycles. The molecule has 1 fully saturated rings. The van der Waals surface area contributed by atoms with E-state index in [0.29, 0.717) is 5.92 Å². The lowest BCUT2D eigenvalue weighted by atomic mass is 9.92. The van der Waals surface area contributed by atoms with Crippen LogP contribution >= 0.6 is 0 Å². The van der Waals surface area contributed by atoms with Crippen LogP contribution in [0.15, 0.2) is 30.3 Å². The van der Waals surface area contributed by atoms with Crippen molar-refractivity contribution in [3.05, 3.63) is 41.6 Å². The molecule has 19 heavy (non-hydrogen) atoms. The summed E-state index contributed by atoms with van der Waals surface area (Å²) in [6, 6.07) is 10.5. The molecule has 1 aromatic heterocycles. The topological polar surface area (TPSA) is 29.9 Å². The lowest BCUT2D eigenvalue weighted by molar-refractivity contribution is 0.450. The molecule has 0 spiro atoms. The predicted molar refractivity (Wildman–Crippen MR) is 78.2 cm³/mol. The van der Waals surface area contributed by atoms with Crippen LogP contribution in [0, 0.1) is 6.92 Å². The van der Waals surface area contributed by atoms with Gasteiger partial charge in [0.05, 0.1) is 11.4 Å². The van der Waals surface area contributed by atoms with Gasteiger partial charge in [0.2, 0.25) is 0 Å². The average Bonchev–Trinajstić information content (AvgIpc) is 2.76. The molecule has 2 aromatic rings. The summed E-state index contributed by atoms with van der Waals surface area (Å²) in [4.78, 5) is 0. The molecular formula is C16H21N3. The Kier molecular flexibility index (Phi) is 3.38. The molecule has 0 amide bonds. The zero-order valence-electron chi connectivity index (χ0n) is 11.7. The molecule has 0 bridgehead atoms. The van der Waals surface area contributed by atoms with Crippen molar-refractivity contribution in [2.75, 3.05) is 13.1 Å². The minimum absolute atomic E-state index is 0.567. The smallest absolute Gasteiger partial charge is 0.0711 e. The number of rotatable bonds is 2. The van der Waals surface area contributed by atoms with E-state index in [1.807, 2.05) is 4.68 Å². The largest absolute Gasteiger partial charge is 0.316 e. The summed E-state index contributed by atoms with van der Waals surface area (Å²) in [5, 5.41) is 8.27. The maximum Gasteiger partial charge on any atom is 0.0711 e. The van der Waals surface area contributed by atoms with Crippen molar-refractivity contribution in [2.45, 2.75) is 25.7 Å².